The third-order valence-corrected chi connectivity index (χ3v) is 3.69. The summed E-state index contributed by atoms with van der Waals surface area (Å²) in [6.07, 6.45) is 0.938. The smallest absolute Gasteiger partial charge is 0.113 e. The van der Waals surface area contributed by atoms with Crippen LogP contribution in [-0.2, 0) is 0 Å². The normalized spacial score (nSPS) is 28.1. The van der Waals surface area contributed by atoms with E-state index in [-0.39, 0.29) is 17.0 Å². The highest BCUT2D eigenvalue weighted by Gasteiger charge is 2.62. The van der Waals surface area contributed by atoms with Gasteiger partial charge in [-0.1, -0.05) is 44.2 Å². The highest BCUT2D eigenvalue weighted by Crippen LogP contribution is 2.55. The summed E-state index contributed by atoms with van der Waals surface area (Å²) in [6.45, 7) is 6.39. The Morgan fingerprint density at radius 2 is 1.88 bits per heavy atom. The molecule has 16 heavy (non-hydrogen) atoms. The van der Waals surface area contributed by atoms with Crippen LogP contribution >= 0.6 is 0 Å². The first kappa shape index (κ1) is 11.2. The van der Waals surface area contributed by atoms with Gasteiger partial charge in [-0.05, 0) is 24.3 Å². The largest absolute Gasteiger partial charge is 0.292 e. The van der Waals surface area contributed by atoms with Gasteiger partial charge in [0, 0.05) is 6.04 Å². The van der Waals surface area contributed by atoms with Crippen molar-refractivity contribution in [1.82, 2.24) is 5.32 Å². The Kier molecular flexibility index (Phi) is 2.52. The Labute approximate surface area is 97.3 Å². The molecular weight excluding hydrogens is 196 g/mol. The molecule has 0 amide bonds. The van der Waals surface area contributed by atoms with Gasteiger partial charge in [-0.3, -0.25) is 5.32 Å². The predicted octanol–water partition coefficient (Wildman–Crippen LogP) is 3.03. The van der Waals surface area contributed by atoms with Gasteiger partial charge in [0.15, 0.2) is 0 Å². The zero-order chi connectivity index (χ0) is 11.8. The summed E-state index contributed by atoms with van der Waals surface area (Å²) in [5, 5.41) is 12.7. The summed E-state index contributed by atoms with van der Waals surface area (Å²) in [6, 6.07) is 12.9. The van der Waals surface area contributed by atoms with Gasteiger partial charge in [0.2, 0.25) is 0 Å². The van der Waals surface area contributed by atoms with Crippen molar-refractivity contribution in [1.29, 1.82) is 5.26 Å². The maximum atomic E-state index is 9.28. The van der Waals surface area contributed by atoms with Gasteiger partial charge < -0.3 is 0 Å². The summed E-state index contributed by atoms with van der Waals surface area (Å²) in [7, 11) is 0. The van der Waals surface area contributed by atoms with E-state index in [1.807, 2.05) is 18.2 Å². The van der Waals surface area contributed by atoms with Crippen LogP contribution in [0.25, 0.3) is 0 Å². The molecule has 0 saturated heterocycles. The number of nitriles is 1. The molecule has 84 valence electrons. The number of nitrogens with one attached hydrogen (secondary N) is 1. The quantitative estimate of drug-likeness (QED) is 0.839. The molecule has 2 heteroatoms. The summed E-state index contributed by atoms with van der Waals surface area (Å²) in [4.78, 5) is 0. The lowest BCUT2D eigenvalue weighted by atomic mass is 10.0. The van der Waals surface area contributed by atoms with Crippen LogP contribution in [0.1, 0.15) is 38.8 Å². The fourth-order valence-corrected chi connectivity index (χ4v) is 2.28. The minimum atomic E-state index is -0.331. The van der Waals surface area contributed by atoms with Crippen molar-refractivity contribution in [3.63, 3.8) is 0 Å². The molecule has 1 aliphatic carbocycles. The molecule has 0 aliphatic heterocycles. The Morgan fingerprint density at radius 1 is 1.31 bits per heavy atom. The van der Waals surface area contributed by atoms with Crippen LogP contribution in [-0.4, -0.2) is 5.54 Å². The molecule has 2 nitrogen and oxygen atoms in total. The van der Waals surface area contributed by atoms with Crippen LogP contribution in [0.15, 0.2) is 30.3 Å². The van der Waals surface area contributed by atoms with Crippen molar-refractivity contribution in [3.05, 3.63) is 35.9 Å². The fourth-order valence-electron chi connectivity index (χ4n) is 2.28. The molecule has 0 bridgehead atoms. The molecule has 1 fully saturated rings. The molecule has 1 aromatic carbocycles. The van der Waals surface area contributed by atoms with Gasteiger partial charge in [0.1, 0.15) is 5.54 Å². The topological polar surface area (TPSA) is 35.8 Å². The third kappa shape index (κ3) is 1.72. The van der Waals surface area contributed by atoms with E-state index in [2.05, 4.69) is 44.3 Å². The number of hydrogen-bond acceptors (Lipinski definition) is 2. The van der Waals surface area contributed by atoms with Crippen LogP contribution in [0.3, 0.4) is 0 Å². The van der Waals surface area contributed by atoms with E-state index in [0.717, 1.165) is 6.42 Å². The second-order valence-electron chi connectivity index (χ2n) is 5.35. The summed E-state index contributed by atoms with van der Waals surface area (Å²) in [5.74, 6) is 0. The molecule has 2 rings (SSSR count). The van der Waals surface area contributed by atoms with E-state index >= 15 is 0 Å². The predicted molar refractivity (Wildman–Crippen MR) is 64.7 cm³/mol. The Bertz CT molecular complexity index is 416. The van der Waals surface area contributed by atoms with Crippen molar-refractivity contribution in [2.24, 2.45) is 5.41 Å². The SMILES string of the molecule is C[C@@H](N[C@]1(C#N)CC1(C)C)c1ccccc1. The van der Waals surface area contributed by atoms with Gasteiger partial charge >= 0.3 is 0 Å². The molecule has 1 aliphatic rings. The van der Waals surface area contributed by atoms with Crippen LogP contribution in [0, 0.1) is 16.7 Å². The van der Waals surface area contributed by atoms with E-state index in [9.17, 15) is 5.26 Å². The average Bonchev–Trinajstić information content (AvgIpc) is 2.82. The summed E-state index contributed by atoms with van der Waals surface area (Å²) in [5.41, 5.74) is 1.01. The fraction of sp³-hybridized carbons (Fsp3) is 0.500. The van der Waals surface area contributed by atoms with Crippen LogP contribution in [0.5, 0.6) is 0 Å². The molecule has 0 heterocycles. The lowest BCUT2D eigenvalue weighted by molar-refractivity contribution is 0.428. The van der Waals surface area contributed by atoms with Crippen molar-refractivity contribution in [2.45, 2.75) is 38.8 Å². The van der Waals surface area contributed by atoms with E-state index in [1.165, 1.54) is 5.56 Å². The van der Waals surface area contributed by atoms with E-state index in [1.54, 1.807) is 0 Å². The highest BCUT2D eigenvalue weighted by atomic mass is 15.1. The maximum Gasteiger partial charge on any atom is 0.113 e. The first-order chi connectivity index (χ1) is 7.51. The zero-order valence-electron chi connectivity index (χ0n) is 10.1. The first-order valence-electron chi connectivity index (χ1n) is 5.75. The van der Waals surface area contributed by atoms with E-state index in [0.29, 0.717) is 0 Å². The van der Waals surface area contributed by atoms with Gasteiger partial charge in [0.25, 0.3) is 0 Å². The number of rotatable bonds is 3. The van der Waals surface area contributed by atoms with Crippen molar-refractivity contribution in [2.75, 3.05) is 0 Å². The maximum absolute atomic E-state index is 9.28. The Hall–Kier alpha value is -1.33. The number of benzene rings is 1. The van der Waals surface area contributed by atoms with Crippen LogP contribution in [0.2, 0.25) is 0 Å². The van der Waals surface area contributed by atoms with Gasteiger partial charge in [-0.25, -0.2) is 0 Å². The van der Waals surface area contributed by atoms with Gasteiger partial charge in [-0.2, -0.15) is 5.26 Å². The Balaban J connectivity index is 2.10. The molecule has 1 saturated carbocycles. The molecular formula is C14H18N2. The molecule has 0 radical (unpaired) electrons. The Morgan fingerprint density at radius 3 is 2.31 bits per heavy atom. The second kappa shape index (κ2) is 3.61. The minimum Gasteiger partial charge on any atom is -0.292 e. The average molecular weight is 214 g/mol. The van der Waals surface area contributed by atoms with E-state index < -0.39 is 0 Å². The highest BCUT2D eigenvalue weighted by molar-refractivity contribution is 5.31. The van der Waals surface area contributed by atoms with E-state index in [4.69, 9.17) is 0 Å². The minimum absolute atomic E-state index is 0.102. The third-order valence-electron chi connectivity index (χ3n) is 3.69. The lowest BCUT2D eigenvalue weighted by Gasteiger charge is -2.21. The standard InChI is InChI=1S/C14H18N2/c1-11(12-7-5-4-6-8-12)16-14(10-15)9-13(14,2)3/h4-8,11,16H,9H2,1-3H3/t11-,14+/m1/s1. The molecule has 2 atom stereocenters. The summed E-state index contributed by atoms with van der Waals surface area (Å²) < 4.78 is 0. The summed E-state index contributed by atoms with van der Waals surface area (Å²) >= 11 is 0. The van der Waals surface area contributed by atoms with Gasteiger partial charge in [-0.15, -0.1) is 0 Å². The molecule has 1 aromatic rings. The molecule has 0 spiro atoms. The lowest BCUT2D eigenvalue weighted by Crippen LogP contribution is -2.36. The molecule has 0 aromatic heterocycles. The monoisotopic (exact) mass is 214 g/mol. The van der Waals surface area contributed by atoms with Gasteiger partial charge in [0.05, 0.1) is 6.07 Å². The molecule has 1 N–H and O–H groups in total. The zero-order valence-corrected chi connectivity index (χ0v) is 10.1. The first-order valence-corrected chi connectivity index (χ1v) is 5.75. The van der Waals surface area contributed by atoms with Crippen molar-refractivity contribution < 1.29 is 0 Å². The van der Waals surface area contributed by atoms with Crippen LogP contribution < -0.4 is 5.32 Å². The van der Waals surface area contributed by atoms with Crippen molar-refractivity contribution in [3.8, 4) is 6.07 Å². The van der Waals surface area contributed by atoms with Crippen LogP contribution in [0.4, 0.5) is 0 Å². The molecule has 0 unspecified atom stereocenters. The van der Waals surface area contributed by atoms with Crippen molar-refractivity contribution >= 4 is 0 Å². The second-order valence-corrected chi connectivity index (χ2v) is 5.35. The number of nitrogens with zero attached hydrogens (tertiary/aromatic N) is 1. The number of hydrogen-bond donors (Lipinski definition) is 1.